The smallest absolute Gasteiger partial charge is 0.258 e. The highest BCUT2D eigenvalue weighted by molar-refractivity contribution is 5.51. The molecule has 0 aliphatic heterocycles. The van der Waals surface area contributed by atoms with Crippen molar-refractivity contribution >= 4 is 5.69 Å². The molecule has 1 rings (SSSR count). The number of nitrogens with zero attached hydrogens (tertiary/aromatic N) is 2. The van der Waals surface area contributed by atoms with Crippen molar-refractivity contribution in [2.45, 2.75) is 18.8 Å². The molecule has 0 radical (unpaired) electrons. The molecule has 0 aliphatic rings. The first-order valence-electron chi connectivity index (χ1n) is 4.81. The van der Waals surface area contributed by atoms with Gasteiger partial charge in [-0.15, -0.1) is 0 Å². The predicted octanol–water partition coefficient (Wildman–Crippen LogP) is 3.70. The van der Waals surface area contributed by atoms with Gasteiger partial charge in [-0.25, -0.2) is 0 Å². The zero-order chi connectivity index (χ0) is 15.7. The Kier molecular flexibility index (Phi) is 3.93. The Hall–Kier alpha value is -2.31. The van der Waals surface area contributed by atoms with Crippen LogP contribution in [0.2, 0.25) is 0 Å². The third-order valence-corrected chi connectivity index (χ3v) is 2.31. The molecule has 0 spiro atoms. The van der Waals surface area contributed by atoms with Gasteiger partial charge in [-0.2, -0.15) is 31.6 Å². The van der Waals surface area contributed by atoms with E-state index in [0.29, 0.717) is 0 Å². The normalized spacial score (nSPS) is 12.1. The first-order valence-corrected chi connectivity index (χ1v) is 4.81. The Morgan fingerprint density at radius 2 is 1.70 bits per heavy atom. The van der Waals surface area contributed by atoms with E-state index in [0.717, 1.165) is 0 Å². The summed E-state index contributed by atoms with van der Waals surface area (Å²) in [6, 6.07) is 1.02. The molecular formula is C10H4F6N2O2. The SMILES string of the molecule is N#CCc1c([N+](=O)[O-])cc(C(F)(F)F)cc1C(F)(F)F. The van der Waals surface area contributed by atoms with Crippen LogP contribution in [0.3, 0.4) is 0 Å². The van der Waals surface area contributed by atoms with Crippen LogP contribution in [0, 0.1) is 21.4 Å². The van der Waals surface area contributed by atoms with Crippen LogP contribution < -0.4 is 0 Å². The van der Waals surface area contributed by atoms with Gasteiger partial charge in [0.25, 0.3) is 5.69 Å². The molecular weight excluding hydrogens is 294 g/mol. The summed E-state index contributed by atoms with van der Waals surface area (Å²) in [6.45, 7) is 0. The minimum atomic E-state index is -5.24. The molecule has 10 heteroatoms. The summed E-state index contributed by atoms with van der Waals surface area (Å²) in [5.41, 5.74) is -6.09. The summed E-state index contributed by atoms with van der Waals surface area (Å²) in [6.07, 6.45) is -11.4. The fraction of sp³-hybridized carbons (Fsp3) is 0.300. The van der Waals surface area contributed by atoms with Crippen molar-refractivity contribution in [2.75, 3.05) is 0 Å². The van der Waals surface area contributed by atoms with Gasteiger partial charge in [-0.05, 0) is 6.07 Å². The van der Waals surface area contributed by atoms with E-state index in [1.807, 2.05) is 0 Å². The standard InChI is InChI=1S/C10H4F6N2O2/c11-9(12,13)5-3-7(10(14,15)16)6(1-2-17)8(4-5)18(19)20/h3-4H,1H2. The van der Waals surface area contributed by atoms with Crippen molar-refractivity contribution < 1.29 is 31.3 Å². The molecule has 0 atom stereocenters. The van der Waals surface area contributed by atoms with Gasteiger partial charge in [-0.3, -0.25) is 10.1 Å². The highest BCUT2D eigenvalue weighted by Crippen LogP contribution is 2.41. The van der Waals surface area contributed by atoms with Crippen LogP contribution in [0.1, 0.15) is 16.7 Å². The molecule has 0 N–H and O–H groups in total. The van der Waals surface area contributed by atoms with Crippen molar-refractivity contribution in [3.8, 4) is 6.07 Å². The number of hydrogen-bond acceptors (Lipinski definition) is 3. The van der Waals surface area contributed by atoms with Gasteiger partial charge >= 0.3 is 12.4 Å². The molecule has 0 bridgehead atoms. The third-order valence-electron chi connectivity index (χ3n) is 2.31. The minimum Gasteiger partial charge on any atom is -0.258 e. The Labute approximate surface area is 107 Å². The number of benzene rings is 1. The Morgan fingerprint density at radius 3 is 2.05 bits per heavy atom. The van der Waals surface area contributed by atoms with Crippen molar-refractivity contribution in [2.24, 2.45) is 0 Å². The quantitative estimate of drug-likeness (QED) is 0.475. The fourth-order valence-electron chi connectivity index (χ4n) is 1.50. The second-order valence-corrected chi connectivity index (χ2v) is 3.61. The molecule has 0 amide bonds. The van der Waals surface area contributed by atoms with Gasteiger partial charge in [0, 0.05) is 6.07 Å². The topological polar surface area (TPSA) is 66.9 Å². The van der Waals surface area contributed by atoms with Crippen molar-refractivity contribution in [3.05, 3.63) is 38.9 Å². The van der Waals surface area contributed by atoms with E-state index < -0.39 is 46.1 Å². The average molecular weight is 298 g/mol. The zero-order valence-electron chi connectivity index (χ0n) is 9.34. The second-order valence-electron chi connectivity index (χ2n) is 3.61. The monoisotopic (exact) mass is 298 g/mol. The van der Waals surface area contributed by atoms with E-state index in [1.54, 1.807) is 0 Å². The number of nitro benzene ring substituents is 1. The second kappa shape index (κ2) is 4.99. The van der Waals surface area contributed by atoms with E-state index in [9.17, 15) is 36.5 Å². The van der Waals surface area contributed by atoms with Gasteiger partial charge in [0.05, 0.1) is 34.1 Å². The van der Waals surface area contributed by atoms with Gasteiger partial charge in [0.15, 0.2) is 0 Å². The molecule has 1 aromatic rings. The molecule has 20 heavy (non-hydrogen) atoms. The largest absolute Gasteiger partial charge is 0.416 e. The molecule has 4 nitrogen and oxygen atoms in total. The lowest BCUT2D eigenvalue weighted by Crippen LogP contribution is -2.15. The van der Waals surface area contributed by atoms with Crippen LogP contribution >= 0.6 is 0 Å². The van der Waals surface area contributed by atoms with Crippen LogP contribution in [-0.2, 0) is 18.8 Å². The zero-order valence-corrected chi connectivity index (χ0v) is 9.34. The molecule has 0 unspecified atom stereocenters. The Morgan fingerprint density at radius 1 is 1.15 bits per heavy atom. The van der Waals surface area contributed by atoms with Gasteiger partial charge in [0.2, 0.25) is 0 Å². The predicted molar refractivity (Wildman–Crippen MR) is 52.4 cm³/mol. The van der Waals surface area contributed by atoms with E-state index in [2.05, 4.69) is 0 Å². The Balaban J connectivity index is 3.74. The van der Waals surface area contributed by atoms with Crippen molar-refractivity contribution in [1.82, 2.24) is 0 Å². The fourth-order valence-corrected chi connectivity index (χ4v) is 1.50. The number of alkyl halides is 6. The maximum absolute atomic E-state index is 12.7. The van der Waals surface area contributed by atoms with Crippen molar-refractivity contribution in [3.63, 3.8) is 0 Å². The van der Waals surface area contributed by atoms with E-state index in [-0.39, 0.29) is 12.1 Å². The average Bonchev–Trinajstić information content (AvgIpc) is 2.26. The molecule has 108 valence electrons. The van der Waals surface area contributed by atoms with E-state index in [1.165, 1.54) is 6.07 Å². The maximum atomic E-state index is 12.7. The first kappa shape index (κ1) is 15.7. The molecule has 1 aromatic carbocycles. The van der Waals surface area contributed by atoms with E-state index in [4.69, 9.17) is 5.26 Å². The number of nitro groups is 1. The lowest BCUT2D eigenvalue weighted by molar-refractivity contribution is -0.386. The molecule has 0 heterocycles. The van der Waals surface area contributed by atoms with Crippen LogP contribution in [0.5, 0.6) is 0 Å². The minimum absolute atomic E-state index is 0.0120. The molecule has 0 saturated heterocycles. The van der Waals surface area contributed by atoms with Crippen LogP contribution in [0.4, 0.5) is 32.0 Å². The number of hydrogen-bond donors (Lipinski definition) is 0. The summed E-state index contributed by atoms with van der Waals surface area (Å²) in [5.74, 6) is 0. The van der Waals surface area contributed by atoms with E-state index >= 15 is 0 Å². The lowest BCUT2D eigenvalue weighted by atomic mass is 9.98. The summed E-state index contributed by atoms with van der Waals surface area (Å²) in [7, 11) is 0. The van der Waals surface area contributed by atoms with Crippen molar-refractivity contribution in [1.29, 1.82) is 5.26 Å². The third kappa shape index (κ3) is 3.17. The first-order chi connectivity index (χ1) is 8.98. The van der Waals surface area contributed by atoms with Crippen LogP contribution in [0.25, 0.3) is 0 Å². The van der Waals surface area contributed by atoms with Gasteiger partial charge in [0.1, 0.15) is 0 Å². The van der Waals surface area contributed by atoms with Gasteiger partial charge in [-0.1, -0.05) is 0 Å². The summed E-state index contributed by atoms with van der Waals surface area (Å²) in [4.78, 5) is 9.24. The number of nitriles is 1. The number of halogens is 6. The van der Waals surface area contributed by atoms with Crippen LogP contribution in [-0.4, -0.2) is 4.92 Å². The molecule has 0 aliphatic carbocycles. The lowest BCUT2D eigenvalue weighted by Gasteiger charge is -2.14. The number of rotatable bonds is 2. The molecule has 0 aromatic heterocycles. The summed E-state index contributed by atoms with van der Waals surface area (Å²) in [5, 5.41) is 19.0. The van der Waals surface area contributed by atoms with Crippen LogP contribution in [0.15, 0.2) is 12.1 Å². The maximum Gasteiger partial charge on any atom is 0.416 e. The summed E-state index contributed by atoms with van der Waals surface area (Å²) < 4.78 is 75.4. The summed E-state index contributed by atoms with van der Waals surface area (Å²) >= 11 is 0. The highest BCUT2D eigenvalue weighted by atomic mass is 19.4. The molecule has 0 saturated carbocycles. The van der Waals surface area contributed by atoms with Gasteiger partial charge < -0.3 is 0 Å². The Bertz CT molecular complexity index is 585. The molecule has 0 fully saturated rings. The highest BCUT2D eigenvalue weighted by Gasteiger charge is 2.41.